The number of benzene rings is 2. The van der Waals surface area contributed by atoms with Crippen LogP contribution < -0.4 is 15.8 Å². The van der Waals surface area contributed by atoms with Crippen molar-refractivity contribution < 1.29 is 14.3 Å². The van der Waals surface area contributed by atoms with Crippen molar-refractivity contribution >= 4 is 33.6 Å². The number of hydrogen-bond donors (Lipinski definition) is 3. The number of unbranched alkanes of at least 4 members (excludes halogenated alkanes) is 1. The summed E-state index contributed by atoms with van der Waals surface area (Å²) < 4.78 is 5.14. The molecule has 2 aromatic heterocycles. The predicted molar refractivity (Wildman–Crippen MR) is 138 cm³/mol. The first-order valence-electron chi connectivity index (χ1n) is 12.1. The van der Waals surface area contributed by atoms with E-state index in [9.17, 15) is 9.59 Å². The third-order valence-corrected chi connectivity index (χ3v) is 6.34. The fourth-order valence-corrected chi connectivity index (χ4v) is 4.31. The maximum atomic E-state index is 12.9. The van der Waals surface area contributed by atoms with Crippen LogP contribution in [0.1, 0.15) is 66.6 Å². The van der Waals surface area contributed by atoms with E-state index in [4.69, 9.17) is 10.5 Å². The Morgan fingerprint density at radius 2 is 1.91 bits per heavy atom. The molecular weight excluding hydrogens is 440 g/mol. The molecule has 0 saturated heterocycles. The van der Waals surface area contributed by atoms with Gasteiger partial charge in [-0.05, 0) is 53.9 Å². The fourth-order valence-electron chi connectivity index (χ4n) is 4.31. The molecule has 1 amide bonds. The molecule has 2 heterocycles. The molecule has 0 aliphatic heterocycles. The topological polar surface area (TPSA) is 110 Å². The number of H-pyrrole nitrogens is 1. The van der Waals surface area contributed by atoms with Crippen molar-refractivity contribution in [1.82, 2.24) is 15.3 Å². The quantitative estimate of drug-likeness (QED) is 0.260. The summed E-state index contributed by atoms with van der Waals surface area (Å²) in [4.78, 5) is 33.0. The van der Waals surface area contributed by atoms with Crippen molar-refractivity contribution in [2.24, 2.45) is 5.73 Å². The van der Waals surface area contributed by atoms with Crippen LogP contribution in [0.4, 0.5) is 0 Å². The zero-order valence-corrected chi connectivity index (χ0v) is 20.3. The Morgan fingerprint density at radius 3 is 2.66 bits per heavy atom. The maximum absolute atomic E-state index is 12.9. The van der Waals surface area contributed by atoms with E-state index < -0.39 is 0 Å². The van der Waals surface area contributed by atoms with Crippen LogP contribution in [0, 0.1) is 0 Å². The van der Waals surface area contributed by atoms with E-state index in [1.807, 2.05) is 42.5 Å². The third kappa shape index (κ3) is 5.69. The molecule has 0 spiro atoms. The average Bonchev–Trinajstić information content (AvgIpc) is 3.27. The molecule has 1 unspecified atom stereocenters. The number of nitrogens with zero attached hydrogens (tertiary/aromatic N) is 1. The molecule has 0 aliphatic carbocycles. The number of pyridine rings is 1. The second kappa shape index (κ2) is 11.1. The summed E-state index contributed by atoms with van der Waals surface area (Å²) >= 11 is 0. The molecule has 4 N–H and O–H groups in total. The van der Waals surface area contributed by atoms with Gasteiger partial charge in [0, 0.05) is 53.5 Å². The second-order valence-electron chi connectivity index (χ2n) is 8.81. The number of methoxy groups -OCH3 is 1. The molecule has 35 heavy (non-hydrogen) atoms. The first-order chi connectivity index (χ1) is 17.0. The number of nitrogens with one attached hydrogen (secondary N) is 2. The fraction of sp³-hybridized carbons (Fsp3) is 0.321. The molecule has 0 saturated carbocycles. The zero-order valence-electron chi connectivity index (χ0n) is 20.3. The van der Waals surface area contributed by atoms with E-state index in [0.717, 1.165) is 58.1 Å². The Kier molecular flexibility index (Phi) is 7.77. The minimum Gasteiger partial charge on any atom is -0.497 e. The van der Waals surface area contributed by atoms with Gasteiger partial charge in [0.15, 0.2) is 5.78 Å². The Balaban J connectivity index is 1.44. The van der Waals surface area contributed by atoms with Crippen LogP contribution in [0.25, 0.3) is 21.9 Å². The molecule has 1 atom stereocenters. The summed E-state index contributed by atoms with van der Waals surface area (Å²) in [5.41, 5.74) is 10.8. The molecule has 0 bridgehead atoms. The molecule has 7 nitrogen and oxygen atoms in total. The summed E-state index contributed by atoms with van der Waals surface area (Å²) in [6.45, 7) is 2.56. The van der Waals surface area contributed by atoms with Gasteiger partial charge in [0.05, 0.1) is 7.11 Å². The van der Waals surface area contributed by atoms with E-state index in [1.54, 1.807) is 19.4 Å². The van der Waals surface area contributed by atoms with Gasteiger partial charge in [-0.3, -0.25) is 9.59 Å². The normalized spacial score (nSPS) is 12.1. The predicted octanol–water partition coefficient (Wildman–Crippen LogP) is 5.19. The van der Waals surface area contributed by atoms with Crippen molar-refractivity contribution in [3.8, 4) is 5.75 Å². The molecule has 0 aliphatic rings. The summed E-state index contributed by atoms with van der Waals surface area (Å²) in [7, 11) is 1.61. The lowest BCUT2D eigenvalue weighted by Gasteiger charge is -2.13. The van der Waals surface area contributed by atoms with Gasteiger partial charge in [0.2, 0.25) is 5.91 Å². The lowest BCUT2D eigenvalue weighted by molar-refractivity contribution is -0.121. The largest absolute Gasteiger partial charge is 0.497 e. The second-order valence-corrected chi connectivity index (χ2v) is 8.81. The average molecular weight is 473 g/mol. The number of ketones is 1. The van der Waals surface area contributed by atoms with E-state index in [2.05, 4.69) is 22.2 Å². The van der Waals surface area contributed by atoms with E-state index in [1.165, 1.54) is 0 Å². The highest BCUT2D eigenvalue weighted by molar-refractivity contribution is 6.11. The van der Waals surface area contributed by atoms with E-state index in [-0.39, 0.29) is 30.6 Å². The number of aromatic nitrogens is 2. The van der Waals surface area contributed by atoms with Crippen LogP contribution in [0.15, 0.2) is 54.7 Å². The van der Waals surface area contributed by atoms with Crippen LogP contribution in [-0.2, 0) is 11.3 Å². The highest BCUT2D eigenvalue weighted by Gasteiger charge is 2.17. The molecule has 4 rings (SSSR count). The summed E-state index contributed by atoms with van der Waals surface area (Å²) in [5.74, 6) is 0.543. The van der Waals surface area contributed by atoms with Gasteiger partial charge in [-0.25, -0.2) is 4.98 Å². The molecule has 4 aromatic rings. The number of ether oxygens (including phenoxy) is 1. The number of Topliss-reactive ketones (excluding diaryl/α,β-unsaturated/α-hetero) is 1. The van der Waals surface area contributed by atoms with Crippen LogP contribution >= 0.6 is 0 Å². The van der Waals surface area contributed by atoms with Gasteiger partial charge in [0.25, 0.3) is 0 Å². The Bertz CT molecular complexity index is 1330. The van der Waals surface area contributed by atoms with Crippen LogP contribution in [0.3, 0.4) is 0 Å². The number of rotatable bonds is 11. The number of aromatic amines is 1. The minimum atomic E-state index is -0.157. The number of amides is 1. The standard InChI is InChI=1S/C28H32N4O3/c1-3-4-5-23(29)21-14-15-30-28-27(21)22-16-19(8-11-24(22)32-28)25(33)12-13-26(34)31-17-18-6-9-20(35-2)10-7-18/h6-11,14-16,23H,3-5,12-13,17,29H2,1-2H3,(H,30,32)(H,31,34). The van der Waals surface area contributed by atoms with Crippen molar-refractivity contribution in [3.63, 3.8) is 0 Å². The van der Waals surface area contributed by atoms with Gasteiger partial charge < -0.3 is 20.8 Å². The molecule has 0 radical (unpaired) electrons. The highest BCUT2D eigenvalue weighted by atomic mass is 16.5. The SMILES string of the molecule is CCCCC(N)c1ccnc2[nH]c3ccc(C(=O)CCC(=O)NCc4ccc(OC)cc4)cc3c12. The molecule has 0 fully saturated rings. The Hall–Kier alpha value is -3.71. The Morgan fingerprint density at radius 1 is 1.11 bits per heavy atom. The molecule has 7 heteroatoms. The summed E-state index contributed by atoms with van der Waals surface area (Å²) in [6, 6.07) is 15.0. The maximum Gasteiger partial charge on any atom is 0.220 e. The number of carbonyl (C=O) groups excluding carboxylic acids is 2. The summed E-state index contributed by atoms with van der Waals surface area (Å²) in [5, 5.41) is 4.78. The minimum absolute atomic E-state index is 0.0680. The highest BCUT2D eigenvalue weighted by Crippen LogP contribution is 2.32. The van der Waals surface area contributed by atoms with Crippen molar-refractivity contribution in [1.29, 1.82) is 0 Å². The van der Waals surface area contributed by atoms with Crippen LogP contribution in [-0.4, -0.2) is 28.8 Å². The van der Waals surface area contributed by atoms with Crippen molar-refractivity contribution in [2.75, 3.05) is 7.11 Å². The van der Waals surface area contributed by atoms with Crippen molar-refractivity contribution in [3.05, 3.63) is 71.4 Å². The monoisotopic (exact) mass is 472 g/mol. The van der Waals surface area contributed by atoms with E-state index >= 15 is 0 Å². The van der Waals surface area contributed by atoms with Crippen molar-refractivity contribution in [2.45, 2.75) is 51.6 Å². The number of hydrogen-bond acceptors (Lipinski definition) is 5. The third-order valence-electron chi connectivity index (χ3n) is 6.34. The van der Waals surface area contributed by atoms with Gasteiger partial charge in [-0.1, -0.05) is 31.9 Å². The summed E-state index contributed by atoms with van der Waals surface area (Å²) in [6.07, 6.45) is 5.08. The first-order valence-corrected chi connectivity index (χ1v) is 12.1. The van der Waals surface area contributed by atoms with Gasteiger partial charge in [-0.15, -0.1) is 0 Å². The Labute approximate surface area is 205 Å². The zero-order chi connectivity index (χ0) is 24.8. The molecule has 182 valence electrons. The van der Waals surface area contributed by atoms with E-state index in [0.29, 0.717) is 12.1 Å². The smallest absolute Gasteiger partial charge is 0.220 e. The lowest BCUT2D eigenvalue weighted by atomic mass is 9.97. The van der Waals surface area contributed by atoms with Crippen LogP contribution in [0.2, 0.25) is 0 Å². The number of fused-ring (bicyclic) bond motifs is 3. The van der Waals surface area contributed by atoms with Crippen LogP contribution in [0.5, 0.6) is 5.75 Å². The molecule has 2 aromatic carbocycles. The first kappa shape index (κ1) is 24.4. The number of nitrogens with two attached hydrogens (primary N) is 1. The lowest BCUT2D eigenvalue weighted by Crippen LogP contribution is -2.23. The van der Waals surface area contributed by atoms with Gasteiger partial charge in [-0.2, -0.15) is 0 Å². The molecular formula is C28H32N4O3. The van der Waals surface area contributed by atoms with Gasteiger partial charge in [0.1, 0.15) is 11.4 Å². The van der Waals surface area contributed by atoms with Gasteiger partial charge >= 0.3 is 0 Å². The number of carbonyl (C=O) groups is 2.